The molecule has 0 aliphatic rings. The van der Waals surface area contributed by atoms with Crippen molar-refractivity contribution in [2.24, 2.45) is 0 Å². The minimum atomic E-state index is 0.844. The molecule has 13 aromatic rings. The van der Waals surface area contributed by atoms with Gasteiger partial charge in [0.25, 0.3) is 0 Å². The topological polar surface area (TPSA) is 26.3 Å². The maximum atomic E-state index is 6.69. The third-order valence-corrected chi connectivity index (χ3v) is 12.4. The Bertz CT molecular complexity index is 3800. The van der Waals surface area contributed by atoms with Gasteiger partial charge in [-0.15, -0.1) is 0 Å². The second kappa shape index (κ2) is 11.9. The lowest BCUT2D eigenvalue weighted by atomic mass is 9.83. The Morgan fingerprint density at radius 3 is 1.60 bits per heavy atom. The third-order valence-electron chi connectivity index (χ3n) is 12.4. The van der Waals surface area contributed by atoms with Crippen LogP contribution in [0.5, 0.6) is 0 Å². The molecular weight excluding hydrogens is 705 g/mol. The minimum absolute atomic E-state index is 0.844. The van der Waals surface area contributed by atoms with Gasteiger partial charge in [0.15, 0.2) is 0 Å². The molecule has 58 heavy (non-hydrogen) atoms. The summed E-state index contributed by atoms with van der Waals surface area (Å²) in [6.45, 7) is 0. The fourth-order valence-electron chi connectivity index (χ4n) is 9.80. The average Bonchev–Trinajstić information content (AvgIpc) is 3.84. The van der Waals surface area contributed by atoms with Gasteiger partial charge in [0.1, 0.15) is 22.3 Å². The quantitative estimate of drug-likeness (QED) is 0.169. The van der Waals surface area contributed by atoms with E-state index in [2.05, 4.69) is 182 Å². The molecule has 2 heterocycles. The predicted molar refractivity (Wildman–Crippen MR) is 245 cm³/mol. The number of para-hydroxylation sites is 1. The SMILES string of the molecule is c1ccc2cc(-c3c4ccccc4c(-c4ccc(-c5ccc6cc7c(cc6c5)oc5c7ccc6oc7ccccc7c65)c5ccccc45)c4ccccc34)ccc2c1. The van der Waals surface area contributed by atoms with Crippen LogP contribution in [0.4, 0.5) is 0 Å². The summed E-state index contributed by atoms with van der Waals surface area (Å²) in [6.07, 6.45) is 0. The second-order valence-corrected chi connectivity index (χ2v) is 15.5. The largest absolute Gasteiger partial charge is 0.456 e. The lowest BCUT2D eigenvalue weighted by Crippen LogP contribution is -1.92. The van der Waals surface area contributed by atoms with Crippen LogP contribution in [0.1, 0.15) is 0 Å². The van der Waals surface area contributed by atoms with Crippen LogP contribution in [-0.2, 0) is 0 Å². The van der Waals surface area contributed by atoms with Crippen molar-refractivity contribution in [3.8, 4) is 33.4 Å². The molecule has 0 atom stereocenters. The van der Waals surface area contributed by atoms with E-state index < -0.39 is 0 Å². The van der Waals surface area contributed by atoms with Crippen molar-refractivity contribution in [1.29, 1.82) is 0 Å². The van der Waals surface area contributed by atoms with Crippen molar-refractivity contribution >= 4 is 97.7 Å². The lowest BCUT2D eigenvalue weighted by molar-refractivity contribution is 0.663. The number of hydrogen-bond donors (Lipinski definition) is 0. The molecule has 0 unspecified atom stereocenters. The molecule has 11 aromatic carbocycles. The van der Waals surface area contributed by atoms with E-state index in [1.54, 1.807) is 0 Å². The van der Waals surface area contributed by atoms with Crippen LogP contribution < -0.4 is 0 Å². The van der Waals surface area contributed by atoms with Crippen LogP contribution in [0.15, 0.2) is 203 Å². The molecule has 0 fully saturated rings. The Morgan fingerprint density at radius 1 is 0.259 bits per heavy atom. The monoisotopic (exact) mass is 736 g/mol. The summed E-state index contributed by atoms with van der Waals surface area (Å²) in [5.74, 6) is 0. The Kier molecular flexibility index (Phi) is 6.47. The summed E-state index contributed by atoms with van der Waals surface area (Å²) in [5, 5.41) is 16.6. The fourth-order valence-corrected chi connectivity index (χ4v) is 9.80. The molecule has 13 rings (SSSR count). The van der Waals surface area contributed by atoms with E-state index in [1.165, 1.54) is 81.9 Å². The van der Waals surface area contributed by atoms with Gasteiger partial charge in [0.05, 0.1) is 5.39 Å². The number of benzene rings is 11. The fraction of sp³-hybridized carbons (Fsp3) is 0. The number of hydrogen-bond acceptors (Lipinski definition) is 2. The standard InChI is InChI=1S/C56H32O2/c1-2-12-34-29-37(24-21-33(34)11-1)53-42-15-5-7-17-44(42)54(45-18-8-6-16-43(45)53)46-26-25-39(40-13-3-4-14-41(40)46)36-23-22-35-31-49-47-27-28-51-55(48-19-9-10-20-50(48)57-51)56(47)58-52(49)32-38(35)30-36/h1-32H. The first kappa shape index (κ1) is 31.5. The molecule has 2 nitrogen and oxygen atoms in total. The van der Waals surface area contributed by atoms with E-state index in [4.69, 9.17) is 8.83 Å². The Morgan fingerprint density at radius 2 is 0.828 bits per heavy atom. The Hall–Kier alpha value is -7.68. The summed E-state index contributed by atoms with van der Waals surface area (Å²) in [5.41, 5.74) is 10.9. The maximum Gasteiger partial charge on any atom is 0.147 e. The molecule has 0 N–H and O–H groups in total. The summed E-state index contributed by atoms with van der Waals surface area (Å²) in [4.78, 5) is 0. The van der Waals surface area contributed by atoms with Crippen LogP contribution in [-0.4, -0.2) is 0 Å². The first-order chi connectivity index (χ1) is 28.7. The number of fused-ring (bicyclic) bond motifs is 12. The molecule has 0 spiro atoms. The van der Waals surface area contributed by atoms with E-state index in [0.29, 0.717) is 0 Å². The van der Waals surface area contributed by atoms with Gasteiger partial charge in [-0.1, -0.05) is 152 Å². The zero-order valence-corrected chi connectivity index (χ0v) is 31.3. The molecule has 0 saturated carbocycles. The zero-order valence-electron chi connectivity index (χ0n) is 31.3. The Labute approximate surface area is 332 Å². The van der Waals surface area contributed by atoms with Gasteiger partial charge in [-0.25, -0.2) is 0 Å². The highest BCUT2D eigenvalue weighted by Gasteiger charge is 2.20. The molecule has 2 aromatic heterocycles. The molecule has 0 bridgehead atoms. The first-order valence-electron chi connectivity index (χ1n) is 19.9. The van der Waals surface area contributed by atoms with Crippen molar-refractivity contribution in [3.63, 3.8) is 0 Å². The summed E-state index contributed by atoms with van der Waals surface area (Å²) < 4.78 is 12.9. The van der Waals surface area contributed by atoms with Crippen LogP contribution in [0.2, 0.25) is 0 Å². The molecule has 0 amide bonds. The van der Waals surface area contributed by atoms with E-state index in [9.17, 15) is 0 Å². The van der Waals surface area contributed by atoms with Crippen LogP contribution in [0, 0.1) is 0 Å². The van der Waals surface area contributed by atoms with E-state index >= 15 is 0 Å². The smallest absolute Gasteiger partial charge is 0.147 e. The van der Waals surface area contributed by atoms with Gasteiger partial charge in [0, 0.05) is 16.2 Å². The van der Waals surface area contributed by atoms with Crippen molar-refractivity contribution in [2.45, 2.75) is 0 Å². The summed E-state index contributed by atoms with van der Waals surface area (Å²) in [7, 11) is 0. The van der Waals surface area contributed by atoms with Gasteiger partial charge in [-0.2, -0.15) is 0 Å². The molecule has 0 aliphatic carbocycles. The zero-order chi connectivity index (χ0) is 37.9. The van der Waals surface area contributed by atoms with Crippen molar-refractivity contribution in [1.82, 2.24) is 0 Å². The third kappa shape index (κ3) is 4.48. The lowest BCUT2D eigenvalue weighted by Gasteiger charge is -2.20. The molecule has 0 saturated heterocycles. The van der Waals surface area contributed by atoms with Crippen LogP contribution in [0.3, 0.4) is 0 Å². The molecule has 0 aliphatic heterocycles. The number of furan rings is 2. The predicted octanol–water partition coefficient (Wildman–Crippen LogP) is 16.3. The molecule has 0 radical (unpaired) electrons. The van der Waals surface area contributed by atoms with E-state index in [-0.39, 0.29) is 0 Å². The Balaban J connectivity index is 1.00. The highest BCUT2D eigenvalue weighted by Crippen LogP contribution is 2.47. The maximum absolute atomic E-state index is 6.69. The highest BCUT2D eigenvalue weighted by atomic mass is 16.3. The van der Waals surface area contributed by atoms with Gasteiger partial charge in [-0.3, -0.25) is 0 Å². The summed E-state index contributed by atoms with van der Waals surface area (Å²) >= 11 is 0. The van der Waals surface area contributed by atoms with Gasteiger partial charge in [0.2, 0.25) is 0 Å². The average molecular weight is 737 g/mol. The number of rotatable bonds is 3. The highest BCUT2D eigenvalue weighted by molar-refractivity contribution is 6.25. The molecular formula is C56H32O2. The second-order valence-electron chi connectivity index (χ2n) is 15.5. The van der Waals surface area contributed by atoms with E-state index in [0.717, 1.165) is 49.3 Å². The molecule has 268 valence electrons. The summed E-state index contributed by atoms with van der Waals surface area (Å²) in [6, 6.07) is 70.6. The van der Waals surface area contributed by atoms with Crippen molar-refractivity contribution in [3.05, 3.63) is 194 Å². The minimum Gasteiger partial charge on any atom is -0.456 e. The van der Waals surface area contributed by atoms with Crippen molar-refractivity contribution in [2.75, 3.05) is 0 Å². The normalized spacial score (nSPS) is 12.1. The van der Waals surface area contributed by atoms with Crippen LogP contribution in [0.25, 0.3) is 131 Å². The molecule has 2 heteroatoms. The first-order valence-corrected chi connectivity index (χ1v) is 19.9. The van der Waals surface area contributed by atoms with E-state index in [1.807, 2.05) is 12.1 Å². The van der Waals surface area contributed by atoms with Crippen molar-refractivity contribution < 1.29 is 8.83 Å². The van der Waals surface area contributed by atoms with Gasteiger partial charge >= 0.3 is 0 Å². The van der Waals surface area contributed by atoms with Gasteiger partial charge in [-0.05, 0) is 130 Å². The van der Waals surface area contributed by atoms with Gasteiger partial charge < -0.3 is 8.83 Å². The van der Waals surface area contributed by atoms with Crippen LogP contribution >= 0.6 is 0 Å².